The number of benzene rings is 1. The second-order valence-corrected chi connectivity index (χ2v) is 6.60. The van der Waals surface area contributed by atoms with E-state index >= 15 is 0 Å². The van der Waals surface area contributed by atoms with Gasteiger partial charge in [0, 0.05) is 25.6 Å². The number of carbonyl (C=O) groups excluding carboxylic acids is 1. The Kier molecular flexibility index (Phi) is 8.29. The van der Waals surface area contributed by atoms with E-state index in [2.05, 4.69) is 49.4 Å². The Labute approximate surface area is 143 Å². The maximum atomic E-state index is 11.6. The molecule has 1 atom stereocenters. The average molecular weight is 422 g/mol. The van der Waals surface area contributed by atoms with Crippen molar-refractivity contribution in [1.82, 2.24) is 10.6 Å². The highest BCUT2D eigenvalue weighted by Crippen LogP contribution is 2.34. The number of amides is 1. The number of hydrogen-bond donors (Lipinski definition) is 2. The summed E-state index contributed by atoms with van der Waals surface area (Å²) in [7, 11) is 1.64. The number of nitrogens with one attached hydrogen (secondary N) is 2. The summed E-state index contributed by atoms with van der Waals surface area (Å²) < 4.78 is 7.08. The zero-order chi connectivity index (χ0) is 15.8. The highest BCUT2D eigenvalue weighted by molar-refractivity contribution is 9.11. The van der Waals surface area contributed by atoms with Crippen LogP contribution in [-0.4, -0.2) is 25.6 Å². The summed E-state index contributed by atoms with van der Waals surface area (Å²) in [5, 5.41) is 6.22. The van der Waals surface area contributed by atoms with E-state index in [-0.39, 0.29) is 11.9 Å². The molecule has 1 unspecified atom stereocenters. The zero-order valence-electron chi connectivity index (χ0n) is 12.6. The fourth-order valence-electron chi connectivity index (χ4n) is 1.79. The van der Waals surface area contributed by atoms with E-state index in [9.17, 15) is 4.79 Å². The molecular formula is C15H22Br2N2O2. The van der Waals surface area contributed by atoms with Gasteiger partial charge in [-0.05, 0) is 62.9 Å². The Morgan fingerprint density at radius 3 is 2.48 bits per heavy atom. The van der Waals surface area contributed by atoms with Crippen LogP contribution in [0.1, 0.15) is 32.3 Å². The van der Waals surface area contributed by atoms with Crippen LogP contribution in [0.2, 0.25) is 0 Å². The van der Waals surface area contributed by atoms with Crippen molar-refractivity contribution in [2.75, 3.05) is 13.7 Å². The van der Waals surface area contributed by atoms with E-state index in [1.807, 2.05) is 19.1 Å². The molecule has 0 saturated heterocycles. The lowest BCUT2D eigenvalue weighted by atomic mass is 10.2. The third-order valence-electron chi connectivity index (χ3n) is 3.14. The lowest BCUT2D eigenvalue weighted by molar-refractivity contribution is -0.121. The van der Waals surface area contributed by atoms with Gasteiger partial charge in [-0.3, -0.25) is 4.79 Å². The summed E-state index contributed by atoms with van der Waals surface area (Å²) in [4.78, 5) is 11.6. The van der Waals surface area contributed by atoms with Gasteiger partial charge in [0.15, 0.2) is 0 Å². The summed E-state index contributed by atoms with van der Waals surface area (Å²) in [5.41, 5.74) is 1.12. The van der Waals surface area contributed by atoms with Gasteiger partial charge < -0.3 is 15.4 Å². The number of rotatable bonds is 8. The van der Waals surface area contributed by atoms with Gasteiger partial charge in [-0.2, -0.15) is 0 Å². The molecule has 21 heavy (non-hydrogen) atoms. The van der Waals surface area contributed by atoms with Gasteiger partial charge in [0.2, 0.25) is 5.91 Å². The van der Waals surface area contributed by atoms with Crippen molar-refractivity contribution in [2.45, 2.75) is 39.3 Å². The Bertz CT molecular complexity index is 458. The first-order valence-electron chi connectivity index (χ1n) is 6.99. The maximum Gasteiger partial charge on any atom is 0.221 e. The molecule has 1 rings (SSSR count). The molecule has 0 bridgehead atoms. The van der Waals surface area contributed by atoms with Crippen molar-refractivity contribution in [3.05, 3.63) is 26.6 Å². The number of carbonyl (C=O) groups is 1. The van der Waals surface area contributed by atoms with Gasteiger partial charge in [-0.15, -0.1) is 0 Å². The first kappa shape index (κ1) is 18.5. The molecule has 0 spiro atoms. The van der Waals surface area contributed by atoms with E-state index < -0.39 is 0 Å². The molecule has 1 aromatic carbocycles. The van der Waals surface area contributed by atoms with Crippen LogP contribution in [0.25, 0.3) is 0 Å². The Hall–Kier alpha value is -0.590. The van der Waals surface area contributed by atoms with Gasteiger partial charge in [0.05, 0.1) is 16.1 Å². The van der Waals surface area contributed by atoms with Crippen LogP contribution in [0, 0.1) is 0 Å². The molecule has 4 nitrogen and oxygen atoms in total. The minimum Gasteiger partial charge on any atom is -0.494 e. The van der Waals surface area contributed by atoms with E-state index in [1.54, 1.807) is 7.11 Å². The second-order valence-electron chi connectivity index (χ2n) is 4.90. The molecule has 0 radical (unpaired) electrons. The largest absolute Gasteiger partial charge is 0.494 e. The van der Waals surface area contributed by atoms with Crippen LogP contribution in [0.3, 0.4) is 0 Å². The van der Waals surface area contributed by atoms with Gasteiger partial charge in [-0.25, -0.2) is 0 Å². The van der Waals surface area contributed by atoms with E-state index in [1.165, 1.54) is 0 Å². The Morgan fingerprint density at radius 2 is 1.95 bits per heavy atom. The highest BCUT2D eigenvalue weighted by atomic mass is 79.9. The van der Waals surface area contributed by atoms with E-state index in [0.717, 1.165) is 26.7 Å². The van der Waals surface area contributed by atoms with Crippen LogP contribution in [-0.2, 0) is 11.3 Å². The summed E-state index contributed by atoms with van der Waals surface area (Å²) in [6, 6.07) is 4.26. The van der Waals surface area contributed by atoms with Crippen molar-refractivity contribution in [3.63, 3.8) is 0 Å². The summed E-state index contributed by atoms with van der Waals surface area (Å²) >= 11 is 6.96. The van der Waals surface area contributed by atoms with Crippen LogP contribution in [0.5, 0.6) is 5.75 Å². The fourth-order valence-corrected chi connectivity index (χ4v) is 3.40. The molecular weight excluding hydrogens is 400 g/mol. The molecule has 0 aromatic heterocycles. The number of halogens is 2. The minimum absolute atomic E-state index is 0.0916. The summed E-state index contributed by atoms with van der Waals surface area (Å²) in [5.74, 6) is 0.876. The first-order chi connectivity index (χ1) is 9.97. The van der Waals surface area contributed by atoms with Gasteiger partial charge in [-0.1, -0.05) is 6.92 Å². The lowest BCUT2D eigenvalue weighted by Gasteiger charge is -2.12. The van der Waals surface area contributed by atoms with Crippen LogP contribution >= 0.6 is 31.9 Å². The molecule has 1 aromatic rings. The predicted octanol–water partition coefficient (Wildman–Crippen LogP) is 3.61. The van der Waals surface area contributed by atoms with Crippen molar-refractivity contribution < 1.29 is 9.53 Å². The third-order valence-corrected chi connectivity index (χ3v) is 4.32. The molecule has 0 aliphatic heterocycles. The molecule has 0 aliphatic carbocycles. The van der Waals surface area contributed by atoms with Crippen molar-refractivity contribution in [2.24, 2.45) is 0 Å². The molecule has 2 N–H and O–H groups in total. The van der Waals surface area contributed by atoms with Crippen LogP contribution in [0.15, 0.2) is 21.1 Å². The summed E-state index contributed by atoms with van der Waals surface area (Å²) in [6.07, 6.45) is 1.44. The minimum atomic E-state index is 0.0916. The summed E-state index contributed by atoms with van der Waals surface area (Å²) in [6.45, 7) is 5.43. The second kappa shape index (κ2) is 9.43. The smallest absolute Gasteiger partial charge is 0.221 e. The standard InChI is InChI=1S/C15H22Br2N2O2/c1-4-10(2)19-14(20)5-6-18-9-11-7-12(16)15(21-3)13(17)8-11/h7-8,10,18H,4-6,9H2,1-3H3,(H,19,20). The Morgan fingerprint density at radius 1 is 1.33 bits per heavy atom. The molecule has 0 heterocycles. The number of ether oxygens (including phenoxy) is 1. The first-order valence-corrected chi connectivity index (χ1v) is 8.58. The number of methoxy groups -OCH3 is 1. The number of hydrogen-bond acceptors (Lipinski definition) is 3. The van der Waals surface area contributed by atoms with E-state index in [0.29, 0.717) is 19.5 Å². The monoisotopic (exact) mass is 420 g/mol. The zero-order valence-corrected chi connectivity index (χ0v) is 15.8. The quantitative estimate of drug-likeness (QED) is 0.630. The van der Waals surface area contributed by atoms with Crippen molar-refractivity contribution >= 4 is 37.8 Å². The molecule has 0 fully saturated rings. The SMILES string of the molecule is CCC(C)NC(=O)CCNCc1cc(Br)c(OC)c(Br)c1. The normalized spacial score (nSPS) is 12.0. The molecule has 6 heteroatoms. The van der Waals surface area contributed by atoms with Crippen molar-refractivity contribution in [1.29, 1.82) is 0 Å². The molecule has 118 valence electrons. The van der Waals surface area contributed by atoms with E-state index in [4.69, 9.17) is 4.74 Å². The molecule has 0 saturated carbocycles. The fraction of sp³-hybridized carbons (Fsp3) is 0.533. The van der Waals surface area contributed by atoms with Gasteiger partial charge in [0.1, 0.15) is 5.75 Å². The third kappa shape index (κ3) is 6.36. The van der Waals surface area contributed by atoms with Gasteiger partial charge >= 0.3 is 0 Å². The lowest BCUT2D eigenvalue weighted by Crippen LogP contribution is -2.33. The predicted molar refractivity (Wildman–Crippen MR) is 92.6 cm³/mol. The van der Waals surface area contributed by atoms with Gasteiger partial charge in [0.25, 0.3) is 0 Å². The van der Waals surface area contributed by atoms with Crippen LogP contribution in [0.4, 0.5) is 0 Å². The molecule has 0 aliphatic rings. The average Bonchev–Trinajstić information content (AvgIpc) is 2.43. The Balaban J connectivity index is 2.38. The topological polar surface area (TPSA) is 50.4 Å². The van der Waals surface area contributed by atoms with Crippen molar-refractivity contribution in [3.8, 4) is 5.75 Å². The molecule has 1 amide bonds. The maximum absolute atomic E-state index is 11.6. The highest BCUT2D eigenvalue weighted by Gasteiger charge is 2.08. The van der Waals surface area contributed by atoms with Crippen LogP contribution < -0.4 is 15.4 Å².